The molecule has 0 spiro atoms. The highest BCUT2D eigenvalue weighted by Crippen LogP contribution is 2.40. The first-order valence-corrected chi connectivity index (χ1v) is 15.6. The summed E-state index contributed by atoms with van der Waals surface area (Å²) in [7, 11) is 0. The number of carbonyl (C=O) groups excluding carboxylic acids is 1. The normalized spacial score (nSPS) is 19.3. The van der Waals surface area contributed by atoms with Crippen molar-refractivity contribution in [1.82, 2.24) is 14.9 Å². The average Bonchev–Trinajstić information content (AvgIpc) is 2.94. The van der Waals surface area contributed by atoms with Gasteiger partial charge in [0, 0.05) is 52.8 Å². The zero-order chi connectivity index (χ0) is 33.2. The molecule has 0 bridgehead atoms. The molecule has 1 amide bonds. The lowest BCUT2D eigenvalue weighted by Crippen LogP contribution is -2.58. The minimum absolute atomic E-state index is 0.00456. The Kier molecular flexibility index (Phi) is 10.5. The number of piperidine rings is 1. The topological polar surface area (TPSA) is 78.8 Å². The van der Waals surface area contributed by atoms with Crippen LogP contribution in [0, 0.1) is 0 Å². The lowest BCUT2D eigenvalue weighted by Gasteiger charge is -2.48. The molecule has 13 heteroatoms. The van der Waals surface area contributed by atoms with Gasteiger partial charge in [-0.05, 0) is 75.8 Å². The molecule has 1 fully saturated rings. The van der Waals surface area contributed by atoms with Crippen LogP contribution in [0.15, 0.2) is 60.9 Å². The van der Waals surface area contributed by atoms with Crippen molar-refractivity contribution in [3.63, 3.8) is 0 Å². The molecule has 45 heavy (non-hydrogen) atoms. The van der Waals surface area contributed by atoms with Gasteiger partial charge in [-0.15, -0.1) is 0 Å². The summed E-state index contributed by atoms with van der Waals surface area (Å²) in [6, 6.07) is 10.9. The van der Waals surface area contributed by atoms with Crippen molar-refractivity contribution in [2.75, 3.05) is 4.90 Å². The Bertz CT molecular complexity index is 1410. The summed E-state index contributed by atoms with van der Waals surface area (Å²) in [4.78, 5) is 25.5. The summed E-state index contributed by atoms with van der Waals surface area (Å²) in [5.74, 6) is -0.102. The molecule has 1 aromatic heterocycles. The summed E-state index contributed by atoms with van der Waals surface area (Å²) >= 11 is 0.818. The maximum atomic E-state index is 14.4. The van der Waals surface area contributed by atoms with Crippen molar-refractivity contribution < 1.29 is 36.6 Å². The molecule has 0 aliphatic carbocycles. The lowest BCUT2D eigenvalue weighted by molar-refractivity contribution is -0.137. The Labute approximate surface area is 272 Å². The molecule has 2 heterocycles. The fraction of sp³-hybridized carbons (Fsp3) is 0.469. The second kappa shape index (κ2) is 13.6. The predicted octanol–water partition coefficient (Wildman–Crippen LogP) is 8.48. The SMILES string of the molecule is CC[C@@H]1C[C@H](N(Cc2cc(C(F)(F)F)cc(C(F)(F)I)c2)c2ncc(O)cn2)C[C@H](Cc2ccccc2)N1C(=O)OC(C)(C)C. The van der Waals surface area contributed by atoms with Gasteiger partial charge in [0.05, 0.1) is 18.0 Å². The number of nitrogens with zero attached hydrogens (tertiary/aromatic N) is 4. The number of amides is 1. The number of ether oxygens (including phenoxy) is 1. The van der Waals surface area contributed by atoms with Crippen LogP contribution < -0.4 is 4.90 Å². The van der Waals surface area contributed by atoms with Crippen molar-refractivity contribution in [3.8, 4) is 5.75 Å². The van der Waals surface area contributed by atoms with E-state index in [1.54, 1.807) is 30.6 Å². The summed E-state index contributed by atoms with van der Waals surface area (Å²) in [5.41, 5.74) is -1.73. The number of aromatic nitrogens is 2. The molecule has 0 saturated carbocycles. The second-order valence-corrected chi connectivity index (χ2v) is 13.6. The van der Waals surface area contributed by atoms with Crippen molar-refractivity contribution in [2.24, 2.45) is 0 Å². The van der Waals surface area contributed by atoms with Gasteiger partial charge in [-0.1, -0.05) is 37.3 Å². The van der Waals surface area contributed by atoms with Crippen LogP contribution in [0.2, 0.25) is 0 Å². The highest BCUT2D eigenvalue weighted by atomic mass is 127. The monoisotopic (exact) mass is 746 g/mol. The molecule has 1 saturated heterocycles. The third-order valence-electron chi connectivity index (χ3n) is 7.59. The smallest absolute Gasteiger partial charge is 0.416 e. The minimum atomic E-state index is -4.85. The fourth-order valence-electron chi connectivity index (χ4n) is 5.68. The van der Waals surface area contributed by atoms with Crippen LogP contribution in [0.1, 0.15) is 69.2 Å². The molecule has 1 aliphatic rings. The quantitative estimate of drug-likeness (QED) is 0.142. The fourth-order valence-corrected chi connectivity index (χ4v) is 5.99. The zero-order valence-corrected chi connectivity index (χ0v) is 27.5. The summed E-state index contributed by atoms with van der Waals surface area (Å²) < 4.78 is 72.4. The number of hydrogen-bond acceptors (Lipinski definition) is 6. The van der Waals surface area contributed by atoms with E-state index in [0.29, 0.717) is 31.7 Å². The van der Waals surface area contributed by atoms with E-state index in [0.717, 1.165) is 40.3 Å². The summed E-state index contributed by atoms with van der Waals surface area (Å²) in [5, 5.41) is 9.85. The molecule has 3 aromatic rings. The molecule has 0 unspecified atom stereocenters. The van der Waals surface area contributed by atoms with E-state index >= 15 is 0 Å². The molecule has 3 atom stereocenters. The van der Waals surface area contributed by atoms with Crippen molar-refractivity contribution in [2.45, 2.75) is 93.8 Å². The van der Waals surface area contributed by atoms with E-state index in [4.69, 9.17) is 4.74 Å². The van der Waals surface area contributed by atoms with E-state index < -0.39 is 39.0 Å². The number of alkyl halides is 6. The van der Waals surface area contributed by atoms with Gasteiger partial charge in [0.1, 0.15) is 5.60 Å². The van der Waals surface area contributed by atoms with Crippen molar-refractivity contribution in [3.05, 3.63) is 83.2 Å². The first kappa shape index (κ1) is 34.6. The van der Waals surface area contributed by atoms with Crippen LogP contribution in [0.25, 0.3) is 0 Å². The Morgan fingerprint density at radius 2 is 1.58 bits per heavy atom. The van der Waals surface area contributed by atoms with Gasteiger partial charge >= 0.3 is 16.2 Å². The maximum absolute atomic E-state index is 14.4. The number of carbonyl (C=O) groups is 1. The van der Waals surface area contributed by atoms with Crippen LogP contribution in [-0.2, 0) is 27.8 Å². The van der Waals surface area contributed by atoms with Crippen LogP contribution in [0.5, 0.6) is 5.75 Å². The van der Waals surface area contributed by atoms with Gasteiger partial charge in [0.2, 0.25) is 5.95 Å². The van der Waals surface area contributed by atoms with Gasteiger partial charge in [-0.3, -0.25) is 0 Å². The molecule has 2 aromatic carbocycles. The Balaban J connectivity index is 1.79. The van der Waals surface area contributed by atoms with E-state index in [1.807, 2.05) is 37.3 Å². The molecule has 1 N–H and O–H groups in total. The third kappa shape index (κ3) is 9.17. The Morgan fingerprint density at radius 1 is 0.978 bits per heavy atom. The first-order valence-electron chi connectivity index (χ1n) is 14.6. The van der Waals surface area contributed by atoms with Gasteiger partial charge in [-0.2, -0.15) is 22.0 Å². The molecular formula is C32H36F5IN4O3. The number of hydrogen-bond donors (Lipinski definition) is 1. The average molecular weight is 747 g/mol. The first-order chi connectivity index (χ1) is 20.9. The number of benzene rings is 2. The Hall–Kier alpha value is -3.23. The van der Waals surface area contributed by atoms with E-state index in [2.05, 4.69) is 9.97 Å². The number of likely N-dealkylation sites (tertiary alicyclic amines) is 1. The van der Waals surface area contributed by atoms with Crippen molar-refractivity contribution >= 4 is 34.6 Å². The van der Waals surface area contributed by atoms with Gasteiger partial charge in [-0.25, -0.2) is 14.8 Å². The van der Waals surface area contributed by atoms with Gasteiger partial charge < -0.3 is 19.6 Å². The van der Waals surface area contributed by atoms with Crippen LogP contribution >= 0.6 is 22.6 Å². The largest absolute Gasteiger partial charge is 0.505 e. The number of anilines is 1. The van der Waals surface area contributed by atoms with E-state index in [9.17, 15) is 31.9 Å². The van der Waals surface area contributed by atoms with E-state index in [1.165, 1.54) is 12.4 Å². The number of halogens is 6. The molecular weight excluding hydrogens is 710 g/mol. The molecule has 0 radical (unpaired) electrons. The molecule has 7 nitrogen and oxygen atoms in total. The number of aromatic hydroxyl groups is 1. The predicted molar refractivity (Wildman–Crippen MR) is 168 cm³/mol. The Morgan fingerprint density at radius 3 is 2.13 bits per heavy atom. The van der Waals surface area contributed by atoms with Crippen molar-refractivity contribution in [1.29, 1.82) is 0 Å². The zero-order valence-electron chi connectivity index (χ0n) is 25.4. The summed E-state index contributed by atoms with van der Waals surface area (Å²) in [6.07, 6.45) is -1.19. The van der Waals surface area contributed by atoms with Crippen LogP contribution in [-0.4, -0.2) is 49.8 Å². The highest BCUT2D eigenvalue weighted by Gasteiger charge is 2.42. The molecule has 4 rings (SSSR count). The molecule has 1 aliphatic heterocycles. The highest BCUT2D eigenvalue weighted by molar-refractivity contribution is 14.1. The third-order valence-corrected chi connectivity index (χ3v) is 8.21. The lowest BCUT2D eigenvalue weighted by atomic mass is 9.86. The maximum Gasteiger partial charge on any atom is 0.416 e. The van der Waals surface area contributed by atoms with Gasteiger partial charge in [0.25, 0.3) is 0 Å². The van der Waals surface area contributed by atoms with Crippen LogP contribution in [0.3, 0.4) is 0 Å². The second-order valence-electron chi connectivity index (χ2n) is 12.2. The van der Waals surface area contributed by atoms with E-state index in [-0.39, 0.29) is 35.9 Å². The standard InChI is InChI=1S/C32H36F5IN4O3/c1-5-24-15-25(16-26(13-20-9-7-6-8-10-20)42(24)29(44)45-30(2,3)4)41(28-39-17-27(43)18-40-28)19-21-11-22(31(33,34)35)14-23(12-21)32(36,37)38/h6-12,14,17-18,24-26,43H,5,13,15-16,19H2,1-4H3/t24-,25+,26+/m1/s1. The van der Waals surface area contributed by atoms with Gasteiger partial charge in [0.15, 0.2) is 5.75 Å². The van der Waals surface area contributed by atoms with Crippen LogP contribution in [0.4, 0.5) is 32.7 Å². The number of rotatable bonds is 8. The minimum Gasteiger partial charge on any atom is -0.505 e. The molecule has 244 valence electrons. The summed E-state index contributed by atoms with van der Waals surface area (Å²) in [6.45, 7) is 7.08.